The van der Waals surface area contributed by atoms with Crippen LogP contribution in [0.1, 0.15) is 75.2 Å². The summed E-state index contributed by atoms with van der Waals surface area (Å²) in [6, 6.07) is 0. The minimum atomic E-state index is -0.444. The van der Waals surface area contributed by atoms with Crippen LogP contribution in [0.5, 0.6) is 0 Å². The average Bonchev–Trinajstić information content (AvgIpc) is 2.72. The molecule has 0 aliphatic carbocycles. The van der Waals surface area contributed by atoms with Crippen LogP contribution in [-0.2, 0) is 23.7 Å². The summed E-state index contributed by atoms with van der Waals surface area (Å²) in [4.78, 5) is 2.44. The van der Waals surface area contributed by atoms with Crippen molar-refractivity contribution in [3.8, 4) is 0 Å². The first kappa shape index (κ1) is 31.6. The van der Waals surface area contributed by atoms with E-state index in [0.717, 1.165) is 38.3 Å². The Balaban J connectivity index is 5.03. The van der Waals surface area contributed by atoms with E-state index in [4.69, 9.17) is 23.7 Å². The molecule has 0 aromatic carbocycles. The van der Waals surface area contributed by atoms with Crippen LogP contribution in [0.2, 0.25) is 0 Å². The van der Waals surface area contributed by atoms with E-state index in [1.807, 2.05) is 27.7 Å². The van der Waals surface area contributed by atoms with E-state index in [2.05, 4.69) is 39.5 Å². The summed E-state index contributed by atoms with van der Waals surface area (Å²) in [5.41, 5.74) is -0.888. The van der Waals surface area contributed by atoms with E-state index in [1.54, 1.807) is 0 Å². The lowest BCUT2D eigenvalue weighted by molar-refractivity contribution is -0.169. The molecule has 0 aliphatic rings. The highest BCUT2D eigenvalue weighted by atomic mass is 31.1. The maximum Gasteiger partial charge on any atom is 0.183 e. The predicted molar refractivity (Wildman–Crippen MR) is 136 cm³/mol. The molecule has 0 aromatic rings. The molecule has 6 nitrogen and oxygen atoms in total. The van der Waals surface area contributed by atoms with Gasteiger partial charge in [-0.1, -0.05) is 31.0 Å². The fraction of sp³-hybridized carbons (Fsp3) is 1.00. The first-order valence-electron chi connectivity index (χ1n) is 12.2. The average molecular weight is 484 g/mol. The van der Waals surface area contributed by atoms with Gasteiger partial charge in [-0.05, 0) is 60.8 Å². The number of ether oxygens (including phenoxy) is 5. The Hall–Kier alpha value is 0.620. The zero-order chi connectivity index (χ0) is 23.8. The molecule has 0 rings (SSSR count). The van der Waals surface area contributed by atoms with Crippen LogP contribution in [0.15, 0.2) is 0 Å². The van der Waals surface area contributed by atoms with Crippen LogP contribution in [0.3, 0.4) is 0 Å². The summed E-state index contributed by atoms with van der Waals surface area (Å²) in [5, 5.41) is 0. The zero-order valence-electron chi connectivity index (χ0n) is 21.7. The van der Waals surface area contributed by atoms with Crippen LogP contribution in [0.4, 0.5) is 0 Å². The number of hydrogen-bond donors (Lipinski definition) is 0. The van der Waals surface area contributed by atoms with Gasteiger partial charge in [-0.15, -0.1) is 0 Å². The highest BCUT2D eigenvalue weighted by molar-refractivity contribution is 7.39. The van der Waals surface area contributed by atoms with Crippen LogP contribution in [-0.4, -0.2) is 80.1 Å². The monoisotopic (exact) mass is 483 g/mol. The number of hydrogen-bond acceptors (Lipinski definition) is 6. The fourth-order valence-corrected chi connectivity index (χ4v) is 6.66. The number of rotatable bonds is 21. The molecule has 0 heterocycles. The zero-order valence-corrected chi connectivity index (χ0v) is 23.7. The van der Waals surface area contributed by atoms with Crippen molar-refractivity contribution in [1.29, 1.82) is 0 Å². The van der Waals surface area contributed by atoms with Gasteiger partial charge in [0.25, 0.3) is 0 Å². The highest BCUT2D eigenvalue weighted by Crippen LogP contribution is 2.39. The van der Waals surface area contributed by atoms with Crippen molar-refractivity contribution in [2.75, 3.05) is 51.8 Å². The summed E-state index contributed by atoms with van der Waals surface area (Å²) >= 11 is 0. The second-order valence-electron chi connectivity index (χ2n) is 7.62. The Morgan fingerprint density at radius 3 is 1.26 bits per heavy atom. The lowest BCUT2D eigenvalue weighted by Gasteiger charge is -2.36. The molecule has 188 valence electrons. The Bertz CT molecular complexity index is 387. The highest BCUT2D eigenvalue weighted by Gasteiger charge is 2.31. The molecule has 8 heteroatoms. The Morgan fingerprint density at radius 2 is 1.00 bits per heavy atom. The normalized spacial score (nSPS) is 14.8. The molecular weight excluding hydrogens is 432 g/mol. The van der Waals surface area contributed by atoms with Gasteiger partial charge >= 0.3 is 0 Å². The van der Waals surface area contributed by atoms with Crippen molar-refractivity contribution in [2.24, 2.45) is 0 Å². The number of nitrogens with zero attached hydrogens (tertiary/aromatic N) is 1. The van der Waals surface area contributed by atoms with Crippen molar-refractivity contribution in [2.45, 2.75) is 98.5 Å². The summed E-state index contributed by atoms with van der Waals surface area (Å²) in [5.74, 6) is 0. The molecular formula is C23H51NO5P2. The second kappa shape index (κ2) is 18.0. The van der Waals surface area contributed by atoms with Gasteiger partial charge in [0.1, 0.15) is 6.23 Å². The SMILES string of the molecule is CCOC(CC)(OCC)PCCN(CCPC(CC)(OCC)OCC)C(C)OC(C)C. The minimum Gasteiger partial charge on any atom is -0.361 e. The van der Waals surface area contributed by atoms with Crippen LogP contribution < -0.4 is 0 Å². The lowest BCUT2D eigenvalue weighted by atomic mass is 10.4. The summed E-state index contributed by atoms with van der Waals surface area (Å²) in [6.07, 6.45) is 4.06. The third-order valence-corrected chi connectivity index (χ3v) is 8.32. The third-order valence-electron chi connectivity index (χ3n) is 5.01. The lowest BCUT2D eigenvalue weighted by Crippen LogP contribution is -2.41. The van der Waals surface area contributed by atoms with Crippen LogP contribution >= 0.6 is 17.2 Å². The van der Waals surface area contributed by atoms with Crippen molar-refractivity contribution in [3.63, 3.8) is 0 Å². The minimum absolute atomic E-state index is 0.0695. The van der Waals surface area contributed by atoms with Gasteiger partial charge in [-0.2, -0.15) is 0 Å². The van der Waals surface area contributed by atoms with Crippen molar-refractivity contribution >= 4 is 17.2 Å². The standard InChI is InChI=1S/C23H51NO5P2/c1-10-22(25-12-3,26-13-4)30-18-16-24(21(9)29-20(7)8)17-19-31-23(11-2,27-14-5)28-15-6/h20-21,30-31H,10-19H2,1-9H3. The molecule has 0 spiro atoms. The Labute approximate surface area is 196 Å². The predicted octanol–water partition coefficient (Wildman–Crippen LogP) is 5.69. The second-order valence-corrected chi connectivity index (χ2v) is 10.8. The molecule has 0 radical (unpaired) electrons. The van der Waals surface area contributed by atoms with Crippen molar-refractivity contribution in [3.05, 3.63) is 0 Å². The van der Waals surface area contributed by atoms with Gasteiger partial charge in [0, 0.05) is 52.4 Å². The maximum absolute atomic E-state index is 6.13. The fourth-order valence-electron chi connectivity index (χ4n) is 3.61. The molecule has 0 bridgehead atoms. The quantitative estimate of drug-likeness (QED) is 0.154. The maximum atomic E-state index is 6.13. The molecule has 0 saturated heterocycles. The third kappa shape index (κ3) is 12.6. The topological polar surface area (TPSA) is 49.4 Å². The molecule has 3 atom stereocenters. The molecule has 3 unspecified atom stereocenters. The van der Waals surface area contributed by atoms with E-state index >= 15 is 0 Å². The van der Waals surface area contributed by atoms with Gasteiger partial charge in [-0.25, -0.2) is 0 Å². The van der Waals surface area contributed by atoms with Gasteiger partial charge in [0.15, 0.2) is 11.1 Å². The first-order valence-corrected chi connectivity index (χ1v) is 14.6. The summed E-state index contributed by atoms with van der Waals surface area (Å²) in [6.45, 7) is 23.4. The molecule has 0 aliphatic heterocycles. The molecule has 0 fully saturated rings. The van der Waals surface area contributed by atoms with E-state index in [-0.39, 0.29) is 12.3 Å². The van der Waals surface area contributed by atoms with Gasteiger partial charge in [0.2, 0.25) is 0 Å². The largest absolute Gasteiger partial charge is 0.361 e. The van der Waals surface area contributed by atoms with Gasteiger partial charge in [-0.3, -0.25) is 4.90 Å². The van der Waals surface area contributed by atoms with Crippen LogP contribution in [0, 0.1) is 0 Å². The summed E-state index contributed by atoms with van der Waals surface area (Å²) in [7, 11) is 1.19. The molecule has 0 saturated carbocycles. The van der Waals surface area contributed by atoms with E-state index < -0.39 is 11.1 Å². The Kier molecular flexibility index (Phi) is 18.4. The van der Waals surface area contributed by atoms with E-state index in [9.17, 15) is 0 Å². The van der Waals surface area contributed by atoms with Crippen LogP contribution in [0.25, 0.3) is 0 Å². The molecule has 0 N–H and O–H groups in total. The smallest absolute Gasteiger partial charge is 0.183 e. The Morgan fingerprint density at radius 1 is 0.645 bits per heavy atom. The molecule has 0 amide bonds. The van der Waals surface area contributed by atoms with Crippen molar-refractivity contribution < 1.29 is 23.7 Å². The van der Waals surface area contributed by atoms with Crippen molar-refractivity contribution in [1.82, 2.24) is 4.90 Å². The first-order chi connectivity index (χ1) is 14.8. The summed E-state index contributed by atoms with van der Waals surface area (Å²) < 4.78 is 30.2. The van der Waals surface area contributed by atoms with E-state index in [0.29, 0.717) is 43.6 Å². The van der Waals surface area contributed by atoms with Gasteiger partial charge in [0.05, 0.1) is 6.10 Å². The molecule has 31 heavy (non-hydrogen) atoms. The molecule has 0 aromatic heterocycles. The van der Waals surface area contributed by atoms with E-state index in [1.165, 1.54) is 0 Å². The van der Waals surface area contributed by atoms with Gasteiger partial charge < -0.3 is 23.7 Å².